The van der Waals surface area contributed by atoms with E-state index < -0.39 is 0 Å². The second-order valence-electron chi connectivity index (χ2n) is 4.57. The van der Waals surface area contributed by atoms with Gasteiger partial charge in [0, 0.05) is 18.0 Å². The van der Waals surface area contributed by atoms with Crippen molar-refractivity contribution >= 4 is 17.4 Å². The molecule has 18 heavy (non-hydrogen) atoms. The molecule has 1 saturated carbocycles. The van der Waals surface area contributed by atoms with Crippen molar-refractivity contribution in [1.82, 2.24) is 15.5 Å². The van der Waals surface area contributed by atoms with Crippen molar-refractivity contribution in [3.05, 3.63) is 28.3 Å². The van der Waals surface area contributed by atoms with Gasteiger partial charge in [-0.15, -0.1) is 16.4 Å². The van der Waals surface area contributed by atoms with Gasteiger partial charge in [0.25, 0.3) is 0 Å². The molecule has 0 spiro atoms. The standard InChI is InChI=1S/C12H16N4OS/c1-16(8-10-3-2-6-18-10)12-15-14-11(17-12)7-13-9-4-5-9/h2-3,6,9,13H,4-5,7-8H2,1H3. The Morgan fingerprint density at radius 1 is 1.50 bits per heavy atom. The van der Waals surface area contributed by atoms with Crippen LogP contribution in [0, 0.1) is 0 Å². The Morgan fingerprint density at radius 2 is 2.39 bits per heavy atom. The Morgan fingerprint density at radius 3 is 3.11 bits per heavy atom. The van der Waals surface area contributed by atoms with E-state index in [9.17, 15) is 0 Å². The molecule has 5 nitrogen and oxygen atoms in total. The highest BCUT2D eigenvalue weighted by Gasteiger charge is 2.21. The topological polar surface area (TPSA) is 54.2 Å². The Labute approximate surface area is 110 Å². The first kappa shape index (κ1) is 11.7. The second kappa shape index (κ2) is 5.07. The van der Waals surface area contributed by atoms with Gasteiger partial charge in [-0.2, -0.15) is 0 Å². The van der Waals surface area contributed by atoms with Crippen LogP contribution in [0.4, 0.5) is 6.01 Å². The zero-order valence-electron chi connectivity index (χ0n) is 10.3. The minimum Gasteiger partial charge on any atom is -0.407 e. The fourth-order valence-corrected chi connectivity index (χ4v) is 2.45. The summed E-state index contributed by atoms with van der Waals surface area (Å²) in [6.45, 7) is 1.47. The van der Waals surface area contributed by atoms with Gasteiger partial charge in [0.2, 0.25) is 5.89 Å². The largest absolute Gasteiger partial charge is 0.407 e. The lowest BCUT2D eigenvalue weighted by atomic mass is 10.4. The number of rotatable bonds is 6. The summed E-state index contributed by atoms with van der Waals surface area (Å²) in [6, 6.07) is 5.39. The molecule has 1 aliphatic carbocycles. The van der Waals surface area contributed by atoms with Crippen molar-refractivity contribution in [3.8, 4) is 0 Å². The van der Waals surface area contributed by atoms with Gasteiger partial charge in [0.05, 0.1) is 13.1 Å². The highest BCUT2D eigenvalue weighted by Crippen LogP contribution is 2.20. The quantitative estimate of drug-likeness (QED) is 0.865. The molecule has 2 aromatic rings. The minimum atomic E-state index is 0.580. The van der Waals surface area contributed by atoms with E-state index in [1.54, 1.807) is 11.3 Å². The van der Waals surface area contributed by atoms with E-state index in [-0.39, 0.29) is 0 Å². The lowest BCUT2D eigenvalue weighted by Gasteiger charge is -2.11. The molecule has 0 bridgehead atoms. The molecule has 0 aliphatic heterocycles. The molecule has 1 N–H and O–H groups in total. The summed E-state index contributed by atoms with van der Waals surface area (Å²) in [5.41, 5.74) is 0. The highest BCUT2D eigenvalue weighted by atomic mass is 32.1. The monoisotopic (exact) mass is 264 g/mol. The third kappa shape index (κ3) is 2.88. The minimum absolute atomic E-state index is 0.580. The summed E-state index contributed by atoms with van der Waals surface area (Å²) >= 11 is 1.73. The Kier molecular flexibility index (Phi) is 3.29. The Balaban J connectivity index is 1.57. The fourth-order valence-electron chi connectivity index (χ4n) is 1.69. The molecule has 6 heteroatoms. The van der Waals surface area contributed by atoms with Gasteiger partial charge in [-0.3, -0.25) is 0 Å². The summed E-state index contributed by atoms with van der Waals surface area (Å²) < 4.78 is 5.62. The zero-order valence-corrected chi connectivity index (χ0v) is 11.1. The molecule has 96 valence electrons. The predicted octanol–water partition coefficient (Wildman–Crippen LogP) is 2.02. The lowest BCUT2D eigenvalue weighted by molar-refractivity contribution is 0.464. The molecule has 1 aliphatic rings. The molecule has 0 radical (unpaired) electrons. The first-order chi connectivity index (χ1) is 8.81. The van der Waals surface area contributed by atoms with Crippen LogP contribution in [-0.2, 0) is 13.1 Å². The van der Waals surface area contributed by atoms with Crippen LogP contribution < -0.4 is 10.2 Å². The maximum Gasteiger partial charge on any atom is 0.318 e. The van der Waals surface area contributed by atoms with Crippen molar-refractivity contribution in [2.75, 3.05) is 11.9 Å². The van der Waals surface area contributed by atoms with Gasteiger partial charge in [0.15, 0.2) is 0 Å². The van der Waals surface area contributed by atoms with Gasteiger partial charge in [-0.05, 0) is 24.3 Å². The summed E-state index contributed by atoms with van der Waals surface area (Å²) in [4.78, 5) is 3.26. The molecule has 3 rings (SSSR count). The summed E-state index contributed by atoms with van der Waals surface area (Å²) in [5.74, 6) is 0.662. The molecular formula is C12H16N4OS. The smallest absolute Gasteiger partial charge is 0.318 e. The molecule has 2 heterocycles. The Bertz CT molecular complexity index is 492. The van der Waals surface area contributed by atoms with E-state index in [4.69, 9.17) is 4.42 Å². The maximum absolute atomic E-state index is 5.62. The lowest BCUT2D eigenvalue weighted by Crippen LogP contribution is -2.16. The highest BCUT2D eigenvalue weighted by molar-refractivity contribution is 7.09. The van der Waals surface area contributed by atoms with Crippen molar-refractivity contribution in [2.24, 2.45) is 0 Å². The van der Waals surface area contributed by atoms with Crippen molar-refractivity contribution < 1.29 is 4.42 Å². The molecule has 0 unspecified atom stereocenters. The summed E-state index contributed by atoms with van der Waals surface area (Å²) in [5, 5.41) is 13.5. The van der Waals surface area contributed by atoms with Crippen molar-refractivity contribution in [1.29, 1.82) is 0 Å². The van der Waals surface area contributed by atoms with Gasteiger partial charge < -0.3 is 14.6 Å². The number of nitrogens with one attached hydrogen (secondary N) is 1. The van der Waals surface area contributed by atoms with Crippen LogP contribution >= 0.6 is 11.3 Å². The Hall–Kier alpha value is -1.40. The van der Waals surface area contributed by atoms with Crippen molar-refractivity contribution in [2.45, 2.75) is 32.0 Å². The maximum atomic E-state index is 5.62. The number of aromatic nitrogens is 2. The average Bonchev–Trinajstić information content (AvgIpc) is 2.88. The third-order valence-electron chi connectivity index (χ3n) is 2.88. The SMILES string of the molecule is CN(Cc1cccs1)c1nnc(CNC2CC2)o1. The van der Waals surface area contributed by atoms with Gasteiger partial charge in [0.1, 0.15) is 0 Å². The fraction of sp³-hybridized carbons (Fsp3) is 0.500. The van der Waals surface area contributed by atoms with E-state index >= 15 is 0 Å². The second-order valence-corrected chi connectivity index (χ2v) is 5.60. The molecular weight excluding hydrogens is 248 g/mol. The van der Waals surface area contributed by atoms with Crippen LogP contribution in [0.25, 0.3) is 0 Å². The third-order valence-corrected chi connectivity index (χ3v) is 3.74. The zero-order chi connectivity index (χ0) is 12.4. The number of nitrogens with zero attached hydrogens (tertiary/aromatic N) is 3. The normalized spacial score (nSPS) is 14.9. The number of thiophene rings is 1. The van der Waals surface area contributed by atoms with E-state index in [0.29, 0.717) is 24.5 Å². The molecule has 2 aromatic heterocycles. The molecule has 0 saturated heterocycles. The van der Waals surface area contributed by atoms with Crippen LogP contribution in [0.5, 0.6) is 0 Å². The first-order valence-electron chi connectivity index (χ1n) is 6.10. The van der Waals surface area contributed by atoms with E-state index in [1.807, 2.05) is 18.0 Å². The van der Waals surface area contributed by atoms with E-state index in [2.05, 4.69) is 27.0 Å². The average molecular weight is 264 g/mol. The van der Waals surface area contributed by atoms with E-state index in [0.717, 1.165) is 6.54 Å². The van der Waals surface area contributed by atoms with Crippen molar-refractivity contribution in [3.63, 3.8) is 0 Å². The van der Waals surface area contributed by atoms with Crippen LogP contribution in [0.2, 0.25) is 0 Å². The summed E-state index contributed by atoms with van der Waals surface area (Å²) in [7, 11) is 1.96. The molecule has 0 aromatic carbocycles. The molecule has 0 amide bonds. The predicted molar refractivity (Wildman–Crippen MR) is 70.6 cm³/mol. The van der Waals surface area contributed by atoms with Crippen LogP contribution in [-0.4, -0.2) is 23.3 Å². The number of anilines is 1. The van der Waals surface area contributed by atoms with E-state index in [1.165, 1.54) is 17.7 Å². The van der Waals surface area contributed by atoms with Crippen LogP contribution in [0.15, 0.2) is 21.9 Å². The van der Waals surface area contributed by atoms with Gasteiger partial charge >= 0.3 is 6.01 Å². The van der Waals surface area contributed by atoms with Crippen LogP contribution in [0.1, 0.15) is 23.6 Å². The number of hydrogen-bond acceptors (Lipinski definition) is 6. The van der Waals surface area contributed by atoms with Gasteiger partial charge in [-0.25, -0.2) is 0 Å². The van der Waals surface area contributed by atoms with Crippen LogP contribution in [0.3, 0.4) is 0 Å². The first-order valence-corrected chi connectivity index (χ1v) is 6.98. The number of hydrogen-bond donors (Lipinski definition) is 1. The van der Waals surface area contributed by atoms with Gasteiger partial charge in [-0.1, -0.05) is 11.2 Å². The summed E-state index contributed by atoms with van der Waals surface area (Å²) in [6.07, 6.45) is 2.53. The molecule has 0 atom stereocenters. The molecule has 1 fully saturated rings.